The summed E-state index contributed by atoms with van der Waals surface area (Å²) < 4.78 is 0. The van der Waals surface area contributed by atoms with Crippen LogP contribution in [0, 0.1) is 11.8 Å². The van der Waals surface area contributed by atoms with Crippen LogP contribution in [0.1, 0.15) is 16.7 Å². The Morgan fingerprint density at radius 1 is 1.36 bits per heavy atom. The van der Waals surface area contributed by atoms with E-state index < -0.39 is 0 Å². The van der Waals surface area contributed by atoms with E-state index >= 15 is 0 Å². The Labute approximate surface area is 90.3 Å². The molecule has 2 heteroatoms. The molecular weight excluding hydrogens is 190 g/mol. The van der Waals surface area contributed by atoms with Crippen molar-refractivity contribution < 1.29 is 0 Å². The molecule has 0 aliphatic carbocycles. The smallest absolute Gasteiger partial charge is 0.0521 e. The van der Waals surface area contributed by atoms with Crippen LogP contribution in [0.25, 0.3) is 0 Å². The van der Waals surface area contributed by atoms with Crippen LogP contribution in [0.5, 0.6) is 0 Å². The van der Waals surface area contributed by atoms with Gasteiger partial charge in [-0.2, -0.15) is 12.6 Å². The third-order valence-corrected chi connectivity index (χ3v) is 2.56. The van der Waals surface area contributed by atoms with Crippen molar-refractivity contribution in [3.63, 3.8) is 0 Å². The average molecular weight is 203 g/mol. The molecule has 0 saturated carbocycles. The zero-order chi connectivity index (χ0) is 9.80. The summed E-state index contributed by atoms with van der Waals surface area (Å²) in [4.78, 5) is 0. The van der Waals surface area contributed by atoms with Gasteiger partial charge in [0.15, 0.2) is 0 Å². The van der Waals surface area contributed by atoms with Crippen LogP contribution in [0.3, 0.4) is 0 Å². The fourth-order valence-electron chi connectivity index (χ4n) is 1.70. The molecule has 0 bridgehead atoms. The lowest BCUT2D eigenvalue weighted by Gasteiger charge is -2.16. The fraction of sp³-hybridized carbons (Fsp3) is 0.333. The highest BCUT2D eigenvalue weighted by Gasteiger charge is 2.07. The summed E-state index contributed by atoms with van der Waals surface area (Å²) >= 11 is 4.06. The van der Waals surface area contributed by atoms with Crippen LogP contribution in [-0.4, -0.2) is 12.3 Å². The maximum atomic E-state index is 4.06. The molecule has 0 aromatic heterocycles. The van der Waals surface area contributed by atoms with E-state index in [2.05, 4.69) is 48.0 Å². The first-order valence-electron chi connectivity index (χ1n) is 4.82. The third-order valence-electron chi connectivity index (χ3n) is 2.40. The molecule has 0 spiro atoms. The first kappa shape index (κ1) is 9.64. The summed E-state index contributed by atoms with van der Waals surface area (Å²) in [5.74, 6) is 6.68. The normalized spacial score (nSPS) is 14.1. The quantitative estimate of drug-likeness (QED) is 0.482. The largest absolute Gasteiger partial charge is 0.312 e. The Morgan fingerprint density at radius 3 is 3.14 bits per heavy atom. The van der Waals surface area contributed by atoms with Gasteiger partial charge in [0.25, 0.3) is 0 Å². The highest BCUT2D eigenvalue weighted by Crippen LogP contribution is 2.15. The minimum Gasteiger partial charge on any atom is -0.312 e. The topological polar surface area (TPSA) is 12.0 Å². The molecule has 2 rings (SSSR count). The van der Waals surface area contributed by atoms with E-state index in [9.17, 15) is 0 Å². The van der Waals surface area contributed by atoms with E-state index in [1.54, 1.807) is 0 Å². The molecule has 1 aromatic rings. The molecule has 0 unspecified atom stereocenters. The minimum absolute atomic E-state index is 0.620. The summed E-state index contributed by atoms with van der Waals surface area (Å²) in [5, 5.41) is 3.36. The molecule has 72 valence electrons. The maximum Gasteiger partial charge on any atom is 0.0521 e. The molecule has 1 N–H and O–H groups in total. The van der Waals surface area contributed by atoms with Gasteiger partial charge in [-0.3, -0.25) is 0 Å². The van der Waals surface area contributed by atoms with Crippen molar-refractivity contribution >= 4 is 12.6 Å². The SMILES string of the molecule is SCC#Cc1ccc2c(c1)CNCC2. The van der Waals surface area contributed by atoms with Crippen molar-refractivity contribution in [2.75, 3.05) is 12.3 Å². The van der Waals surface area contributed by atoms with Crippen LogP contribution < -0.4 is 5.32 Å². The zero-order valence-corrected chi connectivity index (χ0v) is 8.90. The van der Waals surface area contributed by atoms with Crippen LogP contribution >= 0.6 is 12.6 Å². The lowest BCUT2D eigenvalue weighted by molar-refractivity contribution is 0.643. The Kier molecular flexibility index (Phi) is 3.13. The highest BCUT2D eigenvalue weighted by molar-refractivity contribution is 7.80. The Bertz CT molecular complexity index is 387. The van der Waals surface area contributed by atoms with Crippen LogP contribution in [0.2, 0.25) is 0 Å². The molecule has 1 aliphatic heterocycles. The molecule has 14 heavy (non-hydrogen) atoms. The molecular formula is C12H13NS. The number of thiol groups is 1. The molecule has 0 amide bonds. The molecule has 0 atom stereocenters. The summed E-state index contributed by atoms with van der Waals surface area (Å²) in [6, 6.07) is 6.47. The molecule has 1 aromatic carbocycles. The number of fused-ring (bicyclic) bond motifs is 1. The summed E-state index contributed by atoms with van der Waals surface area (Å²) in [6.07, 6.45) is 1.13. The van der Waals surface area contributed by atoms with Gasteiger partial charge in [-0.15, -0.1) is 0 Å². The molecule has 1 aliphatic rings. The van der Waals surface area contributed by atoms with Gasteiger partial charge in [-0.05, 0) is 36.2 Å². The first-order chi connectivity index (χ1) is 6.90. The standard InChI is InChI=1S/C12H13NS/c14-7-1-2-10-3-4-11-5-6-13-9-12(11)8-10/h3-4,8,13-14H,5-7,9H2. The van der Waals surface area contributed by atoms with E-state index in [1.807, 2.05) is 0 Å². The Hall–Kier alpha value is -0.910. The van der Waals surface area contributed by atoms with Gasteiger partial charge >= 0.3 is 0 Å². The average Bonchev–Trinajstić information content (AvgIpc) is 2.26. The summed E-state index contributed by atoms with van der Waals surface area (Å²) in [6.45, 7) is 2.07. The number of benzene rings is 1. The van der Waals surface area contributed by atoms with Crippen molar-refractivity contribution in [3.05, 3.63) is 34.9 Å². The van der Waals surface area contributed by atoms with Gasteiger partial charge in [0.2, 0.25) is 0 Å². The second-order valence-corrected chi connectivity index (χ2v) is 3.69. The van der Waals surface area contributed by atoms with E-state index in [-0.39, 0.29) is 0 Å². The predicted molar refractivity (Wildman–Crippen MR) is 62.6 cm³/mol. The van der Waals surface area contributed by atoms with Crippen LogP contribution in [0.4, 0.5) is 0 Å². The van der Waals surface area contributed by atoms with E-state index in [0.29, 0.717) is 5.75 Å². The third kappa shape index (κ3) is 2.12. The van der Waals surface area contributed by atoms with Crippen molar-refractivity contribution in [2.24, 2.45) is 0 Å². The summed E-state index contributed by atoms with van der Waals surface area (Å²) in [5.41, 5.74) is 3.95. The van der Waals surface area contributed by atoms with Gasteiger partial charge in [0, 0.05) is 12.1 Å². The number of rotatable bonds is 0. The molecule has 0 saturated heterocycles. The highest BCUT2D eigenvalue weighted by atomic mass is 32.1. The van der Waals surface area contributed by atoms with Crippen molar-refractivity contribution in [1.82, 2.24) is 5.32 Å². The van der Waals surface area contributed by atoms with Gasteiger partial charge < -0.3 is 5.32 Å². The monoisotopic (exact) mass is 203 g/mol. The van der Waals surface area contributed by atoms with E-state index in [0.717, 1.165) is 25.1 Å². The molecule has 1 nitrogen and oxygen atoms in total. The number of nitrogens with one attached hydrogen (secondary N) is 1. The van der Waals surface area contributed by atoms with Crippen molar-refractivity contribution in [2.45, 2.75) is 13.0 Å². The second kappa shape index (κ2) is 4.54. The van der Waals surface area contributed by atoms with Crippen molar-refractivity contribution in [3.8, 4) is 11.8 Å². The van der Waals surface area contributed by atoms with Gasteiger partial charge in [-0.25, -0.2) is 0 Å². The van der Waals surface area contributed by atoms with Crippen LogP contribution in [0.15, 0.2) is 18.2 Å². The van der Waals surface area contributed by atoms with Gasteiger partial charge in [0.05, 0.1) is 5.75 Å². The van der Waals surface area contributed by atoms with Gasteiger partial charge in [0.1, 0.15) is 0 Å². The van der Waals surface area contributed by atoms with E-state index in [1.165, 1.54) is 11.1 Å². The zero-order valence-electron chi connectivity index (χ0n) is 8.01. The number of hydrogen-bond acceptors (Lipinski definition) is 2. The maximum absolute atomic E-state index is 4.06. The van der Waals surface area contributed by atoms with Gasteiger partial charge in [-0.1, -0.05) is 17.9 Å². The minimum atomic E-state index is 0.620. The molecule has 0 radical (unpaired) electrons. The lowest BCUT2D eigenvalue weighted by Crippen LogP contribution is -2.23. The molecule has 1 heterocycles. The van der Waals surface area contributed by atoms with E-state index in [4.69, 9.17) is 0 Å². The number of hydrogen-bond donors (Lipinski definition) is 2. The lowest BCUT2D eigenvalue weighted by atomic mass is 9.99. The fourth-order valence-corrected chi connectivity index (χ4v) is 1.78. The predicted octanol–water partition coefficient (Wildman–Crippen LogP) is 1.61. The summed E-state index contributed by atoms with van der Waals surface area (Å²) in [7, 11) is 0. The van der Waals surface area contributed by atoms with Crippen LogP contribution in [-0.2, 0) is 13.0 Å². The molecule has 0 fully saturated rings. The first-order valence-corrected chi connectivity index (χ1v) is 5.45. The Morgan fingerprint density at radius 2 is 2.29 bits per heavy atom. The Balaban J connectivity index is 2.29. The van der Waals surface area contributed by atoms with Crippen molar-refractivity contribution in [1.29, 1.82) is 0 Å². The second-order valence-electron chi connectivity index (χ2n) is 3.37.